The average molecular weight is 288 g/mol. The van der Waals surface area contributed by atoms with Gasteiger partial charge in [-0.25, -0.2) is 4.79 Å². The number of halogens is 3. The number of carbonyl (C=O) groups excluding carboxylic acids is 1. The van der Waals surface area contributed by atoms with Gasteiger partial charge in [-0.2, -0.15) is 13.2 Å². The highest BCUT2D eigenvalue weighted by molar-refractivity contribution is 5.74. The first kappa shape index (κ1) is 16.3. The highest BCUT2D eigenvalue weighted by Crippen LogP contribution is 2.29. The van der Waals surface area contributed by atoms with Crippen LogP contribution in [0.4, 0.5) is 18.0 Å². The summed E-state index contributed by atoms with van der Waals surface area (Å²) in [6, 6.07) is 4.64. The summed E-state index contributed by atoms with van der Waals surface area (Å²) in [5.41, 5.74) is -0.295. The molecule has 0 atom stereocenters. The Morgan fingerprint density at radius 1 is 1.25 bits per heavy atom. The molecule has 0 unspecified atom stereocenters. The summed E-state index contributed by atoms with van der Waals surface area (Å²) in [5.74, 6) is 0. The second-order valence-electron chi connectivity index (χ2n) is 4.54. The fraction of sp³-hybridized carbons (Fsp3) is 0.500. The van der Waals surface area contributed by atoms with Crippen LogP contribution in [0.15, 0.2) is 24.3 Å². The zero-order chi connectivity index (χ0) is 15.2. The molecule has 1 aromatic rings. The van der Waals surface area contributed by atoms with Crippen LogP contribution < -0.4 is 10.6 Å². The topological polar surface area (TPSA) is 41.1 Å². The molecule has 0 fully saturated rings. The molecule has 0 aliphatic rings. The second kappa shape index (κ2) is 7.17. The van der Waals surface area contributed by atoms with Crippen LogP contribution >= 0.6 is 0 Å². The normalized spacial score (nSPS) is 11.5. The molecule has 6 heteroatoms. The monoisotopic (exact) mass is 288 g/mol. The van der Waals surface area contributed by atoms with Gasteiger partial charge in [-0.15, -0.1) is 0 Å². The van der Waals surface area contributed by atoms with Gasteiger partial charge in [-0.3, -0.25) is 0 Å². The van der Waals surface area contributed by atoms with E-state index in [-0.39, 0.29) is 18.6 Å². The van der Waals surface area contributed by atoms with Crippen molar-refractivity contribution < 1.29 is 18.0 Å². The third kappa shape index (κ3) is 5.11. The van der Waals surface area contributed by atoms with Crippen LogP contribution in [-0.2, 0) is 12.7 Å². The number of rotatable bonds is 5. The number of nitrogens with one attached hydrogen (secondary N) is 2. The molecule has 0 radical (unpaired) electrons. The first-order chi connectivity index (χ1) is 9.36. The van der Waals surface area contributed by atoms with E-state index in [0.717, 1.165) is 25.0 Å². The van der Waals surface area contributed by atoms with Gasteiger partial charge in [0, 0.05) is 12.6 Å². The van der Waals surface area contributed by atoms with Crippen molar-refractivity contribution in [2.24, 2.45) is 0 Å². The first-order valence-corrected chi connectivity index (χ1v) is 6.57. The smallest absolute Gasteiger partial charge is 0.335 e. The van der Waals surface area contributed by atoms with E-state index in [1.54, 1.807) is 6.07 Å². The van der Waals surface area contributed by atoms with Crippen molar-refractivity contribution in [3.63, 3.8) is 0 Å². The summed E-state index contributed by atoms with van der Waals surface area (Å²) >= 11 is 0. The number of carbonyl (C=O) groups is 1. The van der Waals surface area contributed by atoms with Gasteiger partial charge in [0.15, 0.2) is 0 Å². The van der Waals surface area contributed by atoms with E-state index >= 15 is 0 Å². The summed E-state index contributed by atoms with van der Waals surface area (Å²) in [6.45, 7) is 3.98. The fourth-order valence-corrected chi connectivity index (χ4v) is 1.77. The van der Waals surface area contributed by atoms with Crippen molar-refractivity contribution >= 4 is 6.03 Å². The van der Waals surface area contributed by atoms with Crippen LogP contribution in [0, 0.1) is 0 Å². The molecule has 0 saturated carbocycles. The predicted octanol–water partition coefficient (Wildman–Crippen LogP) is 3.69. The number of benzene rings is 1. The predicted molar refractivity (Wildman–Crippen MR) is 71.2 cm³/mol. The molecule has 3 nitrogen and oxygen atoms in total. The lowest BCUT2D eigenvalue weighted by Gasteiger charge is -2.15. The fourth-order valence-electron chi connectivity index (χ4n) is 1.77. The maximum atomic E-state index is 12.5. The Labute approximate surface area is 116 Å². The van der Waals surface area contributed by atoms with Gasteiger partial charge in [0.2, 0.25) is 0 Å². The molecule has 2 N–H and O–H groups in total. The minimum atomic E-state index is -4.37. The molecule has 0 aliphatic carbocycles. The van der Waals surface area contributed by atoms with E-state index in [1.807, 2.05) is 13.8 Å². The van der Waals surface area contributed by atoms with Crippen molar-refractivity contribution in [3.8, 4) is 0 Å². The van der Waals surface area contributed by atoms with E-state index < -0.39 is 11.7 Å². The number of alkyl halides is 3. The Bertz CT molecular complexity index is 442. The molecule has 0 spiro atoms. The van der Waals surface area contributed by atoms with E-state index in [0.29, 0.717) is 5.56 Å². The average Bonchev–Trinajstić information content (AvgIpc) is 2.42. The SMILES string of the molecule is CCC(CC)NC(=O)NCc1cccc(C(F)(F)F)c1. The van der Waals surface area contributed by atoms with Gasteiger partial charge < -0.3 is 10.6 Å². The molecule has 20 heavy (non-hydrogen) atoms. The Morgan fingerprint density at radius 3 is 2.45 bits per heavy atom. The number of hydrogen-bond acceptors (Lipinski definition) is 1. The molecule has 0 aliphatic heterocycles. The maximum absolute atomic E-state index is 12.5. The van der Waals surface area contributed by atoms with E-state index in [4.69, 9.17) is 0 Å². The van der Waals surface area contributed by atoms with Crippen molar-refractivity contribution in [3.05, 3.63) is 35.4 Å². The van der Waals surface area contributed by atoms with Crippen molar-refractivity contribution in [2.45, 2.75) is 45.5 Å². The molecule has 1 rings (SSSR count). The molecular formula is C14H19F3N2O. The van der Waals surface area contributed by atoms with Gasteiger partial charge in [0.05, 0.1) is 5.56 Å². The second-order valence-corrected chi connectivity index (χ2v) is 4.54. The minimum absolute atomic E-state index is 0.0654. The third-order valence-corrected chi connectivity index (χ3v) is 3.03. The van der Waals surface area contributed by atoms with Gasteiger partial charge in [0.1, 0.15) is 0 Å². The molecule has 0 aromatic heterocycles. The molecule has 0 saturated heterocycles. The highest BCUT2D eigenvalue weighted by Gasteiger charge is 2.30. The van der Waals surface area contributed by atoms with E-state index in [2.05, 4.69) is 10.6 Å². The van der Waals surface area contributed by atoms with Crippen molar-refractivity contribution in [1.82, 2.24) is 10.6 Å². The van der Waals surface area contributed by atoms with Crippen LogP contribution in [0.1, 0.15) is 37.8 Å². The number of amides is 2. The number of urea groups is 1. The third-order valence-electron chi connectivity index (χ3n) is 3.03. The molecular weight excluding hydrogens is 269 g/mol. The lowest BCUT2D eigenvalue weighted by Crippen LogP contribution is -2.41. The standard InChI is InChI=1S/C14H19F3N2O/c1-3-12(4-2)19-13(20)18-9-10-6-5-7-11(8-10)14(15,16)17/h5-8,12H,3-4,9H2,1-2H3,(H2,18,19,20). The molecule has 2 amide bonds. The largest absolute Gasteiger partial charge is 0.416 e. The first-order valence-electron chi connectivity index (χ1n) is 6.57. The van der Waals surface area contributed by atoms with Crippen LogP contribution in [0.2, 0.25) is 0 Å². The quantitative estimate of drug-likeness (QED) is 0.852. The van der Waals surface area contributed by atoms with Crippen LogP contribution in [0.5, 0.6) is 0 Å². The highest BCUT2D eigenvalue weighted by atomic mass is 19.4. The summed E-state index contributed by atoms with van der Waals surface area (Å²) in [6.07, 6.45) is -2.74. The van der Waals surface area contributed by atoms with Gasteiger partial charge in [0.25, 0.3) is 0 Å². The molecule has 0 bridgehead atoms. The van der Waals surface area contributed by atoms with Crippen LogP contribution in [-0.4, -0.2) is 12.1 Å². The Balaban J connectivity index is 2.56. The van der Waals surface area contributed by atoms with Crippen LogP contribution in [0.25, 0.3) is 0 Å². The minimum Gasteiger partial charge on any atom is -0.335 e. The summed E-state index contributed by atoms with van der Waals surface area (Å²) in [7, 11) is 0. The van der Waals surface area contributed by atoms with Gasteiger partial charge in [-0.1, -0.05) is 26.0 Å². The summed E-state index contributed by atoms with van der Waals surface area (Å²) in [5, 5.41) is 5.32. The summed E-state index contributed by atoms with van der Waals surface area (Å²) < 4.78 is 37.6. The van der Waals surface area contributed by atoms with E-state index in [9.17, 15) is 18.0 Å². The van der Waals surface area contributed by atoms with Gasteiger partial charge in [-0.05, 0) is 30.5 Å². The van der Waals surface area contributed by atoms with Crippen molar-refractivity contribution in [1.29, 1.82) is 0 Å². The zero-order valence-electron chi connectivity index (χ0n) is 11.6. The van der Waals surface area contributed by atoms with Crippen molar-refractivity contribution in [2.75, 3.05) is 0 Å². The summed E-state index contributed by atoms with van der Waals surface area (Å²) in [4.78, 5) is 11.6. The van der Waals surface area contributed by atoms with Crippen LogP contribution in [0.3, 0.4) is 0 Å². The van der Waals surface area contributed by atoms with E-state index in [1.165, 1.54) is 6.07 Å². The molecule has 0 heterocycles. The van der Waals surface area contributed by atoms with Gasteiger partial charge >= 0.3 is 12.2 Å². The molecule has 112 valence electrons. The molecule has 1 aromatic carbocycles. The lowest BCUT2D eigenvalue weighted by molar-refractivity contribution is -0.137. The maximum Gasteiger partial charge on any atom is 0.416 e. The zero-order valence-corrected chi connectivity index (χ0v) is 11.6. The lowest BCUT2D eigenvalue weighted by atomic mass is 10.1. The Hall–Kier alpha value is -1.72. The Morgan fingerprint density at radius 2 is 1.90 bits per heavy atom. The number of hydrogen-bond donors (Lipinski definition) is 2. The Kier molecular flexibility index (Phi) is 5.85.